The predicted octanol–water partition coefficient (Wildman–Crippen LogP) is 7.48. The monoisotopic (exact) mass is 478 g/mol. The summed E-state index contributed by atoms with van der Waals surface area (Å²) >= 11 is 9.73. The third-order valence-electron chi connectivity index (χ3n) is 4.79. The standard InChI is InChI=1S/C22H15BrClF3N2/c23-17-9-6-15(7-10-17)20-13-19(14-4-2-1-3-5-14)28-29(20)21-12-16(22(25,26)27)8-11-18(21)24/h1-12,20H,13H2. The van der Waals surface area contributed by atoms with E-state index in [9.17, 15) is 13.2 Å². The van der Waals surface area contributed by atoms with Crippen LogP contribution in [0.2, 0.25) is 5.02 Å². The highest BCUT2D eigenvalue weighted by atomic mass is 79.9. The molecule has 3 aromatic carbocycles. The molecule has 29 heavy (non-hydrogen) atoms. The average molecular weight is 480 g/mol. The maximum absolute atomic E-state index is 13.3. The molecule has 1 unspecified atom stereocenters. The lowest BCUT2D eigenvalue weighted by Crippen LogP contribution is -2.19. The highest BCUT2D eigenvalue weighted by molar-refractivity contribution is 9.10. The van der Waals surface area contributed by atoms with Crippen molar-refractivity contribution in [3.63, 3.8) is 0 Å². The molecule has 148 valence electrons. The zero-order valence-corrected chi connectivity index (χ0v) is 17.3. The van der Waals surface area contributed by atoms with E-state index in [-0.39, 0.29) is 16.8 Å². The summed E-state index contributed by atoms with van der Waals surface area (Å²) in [4.78, 5) is 0. The van der Waals surface area contributed by atoms with Crippen LogP contribution in [0.5, 0.6) is 0 Å². The van der Waals surface area contributed by atoms with Crippen LogP contribution in [0.1, 0.15) is 29.2 Å². The largest absolute Gasteiger partial charge is 0.416 e. The number of hydrazone groups is 1. The number of hydrogen-bond acceptors (Lipinski definition) is 2. The number of anilines is 1. The molecule has 0 spiro atoms. The number of alkyl halides is 3. The van der Waals surface area contributed by atoms with E-state index in [1.54, 1.807) is 5.01 Å². The number of rotatable bonds is 3. The Balaban J connectivity index is 1.82. The second-order valence-electron chi connectivity index (χ2n) is 6.69. The second kappa shape index (κ2) is 7.84. The Morgan fingerprint density at radius 1 is 0.966 bits per heavy atom. The van der Waals surface area contributed by atoms with Gasteiger partial charge in [0.05, 0.1) is 28.0 Å². The van der Waals surface area contributed by atoms with Crippen LogP contribution in [-0.2, 0) is 6.18 Å². The lowest BCUT2D eigenvalue weighted by Gasteiger charge is -2.25. The lowest BCUT2D eigenvalue weighted by atomic mass is 9.98. The normalized spacial score (nSPS) is 16.8. The fourth-order valence-corrected chi connectivity index (χ4v) is 3.82. The molecular formula is C22H15BrClF3N2. The molecule has 0 bridgehead atoms. The molecule has 0 N–H and O–H groups in total. The zero-order valence-electron chi connectivity index (χ0n) is 15.0. The van der Waals surface area contributed by atoms with Crippen LogP contribution in [0.4, 0.5) is 18.9 Å². The van der Waals surface area contributed by atoms with Crippen LogP contribution in [0.15, 0.2) is 82.4 Å². The summed E-state index contributed by atoms with van der Waals surface area (Å²) in [5.41, 5.74) is 2.15. The van der Waals surface area contributed by atoms with Crippen molar-refractivity contribution in [2.24, 2.45) is 5.10 Å². The van der Waals surface area contributed by atoms with E-state index in [1.807, 2.05) is 54.6 Å². The van der Waals surface area contributed by atoms with Crippen molar-refractivity contribution in [2.75, 3.05) is 5.01 Å². The summed E-state index contributed by atoms with van der Waals surface area (Å²) in [6.45, 7) is 0. The Morgan fingerprint density at radius 2 is 1.66 bits per heavy atom. The van der Waals surface area contributed by atoms with Gasteiger partial charge >= 0.3 is 6.18 Å². The van der Waals surface area contributed by atoms with Crippen LogP contribution in [0.25, 0.3) is 0 Å². The molecule has 0 fully saturated rings. The van der Waals surface area contributed by atoms with Crippen molar-refractivity contribution in [2.45, 2.75) is 18.6 Å². The van der Waals surface area contributed by atoms with Gasteiger partial charge in [-0.2, -0.15) is 18.3 Å². The Bertz CT molecular complexity index is 1050. The molecule has 2 nitrogen and oxygen atoms in total. The second-order valence-corrected chi connectivity index (χ2v) is 8.02. The molecule has 1 aliphatic rings. The summed E-state index contributed by atoms with van der Waals surface area (Å²) in [5.74, 6) is 0. The molecular weight excluding hydrogens is 465 g/mol. The maximum Gasteiger partial charge on any atom is 0.416 e. The zero-order chi connectivity index (χ0) is 20.6. The van der Waals surface area contributed by atoms with Crippen molar-refractivity contribution in [3.8, 4) is 0 Å². The number of benzene rings is 3. The molecule has 4 rings (SSSR count). The maximum atomic E-state index is 13.3. The SMILES string of the molecule is FC(F)(F)c1ccc(Cl)c(N2N=C(c3ccccc3)CC2c2ccc(Br)cc2)c1. The van der Waals surface area contributed by atoms with Crippen molar-refractivity contribution >= 4 is 38.9 Å². The van der Waals surface area contributed by atoms with Gasteiger partial charge in [-0.1, -0.05) is 70.0 Å². The minimum Gasteiger partial charge on any atom is -0.256 e. The van der Waals surface area contributed by atoms with E-state index >= 15 is 0 Å². The molecule has 0 aliphatic carbocycles. The lowest BCUT2D eigenvalue weighted by molar-refractivity contribution is -0.137. The van der Waals surface area contributed by atoms with E-state index in [4.69, 9.17) is 11.6 Å². The summed E-state index contributed by atoms with van der Waals surface area (Å²) in [5, 5.41) is 6.50. The molecule has 1 aliphatic heterocycles. The Morgan fingerprint density at radius 3 is 2.31 bits per heavy atom. The van der Waals surface area contributed by atoms with Crippen molar-refractivity contribution in [1.82, 2.24) is 0 Å². The number of hydrogen-bond donors (Lipinski definition) is 0. The summed E-state index contributed by atoms with van der Waals surface area (Å²) in [7, 11) is 0. The molecule has 1 heterocycles. The van der Waals surface area contributed by atoms with Gasteiger partial charge in [0, 0.05) is 10.9 Å². The summed E-state index contributed by atoms with van der Waals surface area (Å²) < 4.78 is 40.8. The van der Waals surface area contributed by atoms with Gasteiger partial charge in [0.25, 0.3) is 0 Å². The molecule has 0 saturated heterocycles. The van der Waals surface area contributed by atoms with E-state index in [0.717, 1.165) is 33.4 Å². The molecule has 1 atom stereocenters. The van der Waals surface area contributed by atoms with Crippen LogP contribution >= 0.6 is 27.5 Å². The van der Waals surface area contributed by atoms with E-state index < -0.39 is 11.7 Å². The first-order chi connectivity index (χ1) is 13.8. The molecule has 3 aromatic rings. The third kappa shape index (κ3) is 4.19. The van der Waals surface area contributed by atoms with Crippen molar-refractivity contribution in [1.29, 1.82) is 0 Å². The van der Waals surface area contributed by atoms with E-state index in [0.29, 0.717) is 6.42 Å². The molecule has 0 saturated carbocycles. The topological polar surface area (TPSA) is 15.6 Å². The van der Waals surface area contributed by atoms with Gasteiger partial charge in [-0.3, -0.25) is 5.01 Å². The Hall–Kier alpha value is -2.31. The van der Waals surface area contributed by atoms with Gasteiger partial charge in [0.1, 0.15) is 0 Å². The minimum atomic E-state index is -4.46. The first-order valence-corrected chi connectivity index (χ1v) is 10.0. The minimum absolute atomic E-state index is 0.221. The Labute approximate surface area is 179 Å². The van der Waals surface area contributed by atoms with Gasteiger partial charge < -0.3 is 0 Å². The van der Waals surface area contributed by atoms with Crippen molar-refractivity contribution < 1.29 is 13.2 Å². The molecule has 7 heteroatoms. The quantitative estimate of drug-likeness (QED) is 0.380. The van der Waals surface area contributed by atoms with E-state index in [1.165, 1.54) is 6.07 Å². The van der Waals surface area contributed by atoms with Crippen LogP contribution in [0.3, 0.4) is 0 Å². The summed E-state index contributed by atoms with van der Waals surface area (Å²) in [6, 6.07) is 20.3. The van der Waals surface area contributed by atoms with Gasteiger partial charge in [-0.25, -0.2) is 0 Å². The van der Waals surface area contributed by atoms with Gasteiger partial charge in [0.2, 0.25) is 0 Å². The molecule has 0 amide bonds. The number of halogens is 5. The predicted molar refractivity (Wildman–Crippen MR) is 113 cm³/mol. The first-order valence-electron chi connectivity index (χ1n) is 8.87. The summed E-state index contributed by atoms with van der Waals surface area (Å²) in [6.07, 6.45) is -3.91. The first kappa shape index (κ1) is 20.0. The average Bonchev–Trinajstić information content (AvgIpc) is 3.14. The molecule has 0 radical (unpaired) electrons. The van der Waals surface area contributed by atoms with Crippen LogP contribution in [0, 0.1) is 0 Å². The number of nitrogens with zero attached hydrogens (tertiary/aromatic N) is 2. The van der Waals surface area contributed by atoms with Crippen molar-refractivity contribution in [3.05, 3.63) is 99.0 Å². The fraction of sp³-hybridized carbons (Fsp3) is 0.136. The Kier molecular flexibility index (Phi) is 5.40. The van der Waals surface area contributed by atoms with Crippen LogP contribution < -0.4 is 5.01 Å². The third-order valence-corrected chi connectivity index (χ3v) is 5.64. The highest BCUT2D eigenvalue weighted by Gasteiger charge is 2.35. The van der Waals surface area contributed by atoms with Gasteiger partial charge in [0.15, 0.2) is 0 Å². The van der Waals surface area contributed by atoms with Gasteiger partial charge in [-0.05, 0) is 41.5 Å². The molecule has 0 aromatic heterocycles. The van der Waals surface area contributed by atoms with Crippen LogP contribution in [-0.4, -0.2) is 5.71 Å². The van der Waals surface area contributed by atoms with Gasteiger partial charge in [-0.15, -0.1) is 0 Å². The van der Waals surface area contributed by atoms with E-state index in [2.05, 4.69) is 21.0 Å². The highest BCUT2D eigenvalue weighted by Crippen LogP contribution is 2.42. The fourth-order valence-electron chi connectivity index (χ4n) is 3.35. The smallest absolute Gasteiger partial charge is 0.256 e.